The van der Waals surface area contributed by atoms with Crippen LogP contribution in [0, 0.1) is 0 Å². The second kappa shape index (κ2) is 6.43. The molecule has 1 aromatic rings. The van der Waals surface area contributed by atoms with Crippen LogP contribution in [0.2, 0.25) is 5.15 Å². The SMILES string of the molecule is CCS(=O)(=O)c1ccc(Cl)nc1C(=O)[O-].[K+]. The van der Waals surface area contributed by atoms with Crippen molar-refractivity contribution in [1.29, 1.82) is 0 Å². The maximum absolute atomic E-state index is 11.5. The third kappa shape index (κ3) is 3.76. The van der Waals surface area contributed by atoms with Crippen molar-refractivity contribution in [3.8, 4) is 0 Å². The zero-order chi connectivity index (χ0) is 11.6. The van der Waals surface area contributed by atoms with Crippen molar-refractivity contribution in [2.24, 2.45) is 0 Å². The second-order valence-electron chi connectivity index (χ2n) is 2.67. The van der Waals surface area contributed by atoms with E-state index in [1.54, 1.807) is 0 Å². The fourth-order valence-corrected chi connectivity index (χ4v) is 2.13. The first-order valence-corrected chi connectivity index (χ1v) is 6.02. The van der Waals surface area contributed by atoms with E-state index >= 15 is 0 Å². The van der Waals surface area contributed by atoms with Crippen LogP contribution >= 0.6 is 11.6 Å². The predicted octanol–water partition coefficient (Wildman–Crippen LogP) is -3.10. The molecule has 0 N–H and O–H groups in total. The van der Waals surface area contributed by atoms with E-state index < -0.39 is 21.5 Å². The van der Waals surface area contributed by atoms with Gasteiger partial charge in [0.2, 0.25) is 0 Å². The molecule has 0 fully saturated rings. The molecule has 16 heavy (non-hydrogen) atoms. The Morgan fingerprint density at radius 3 is 2.50 bits per heavy atom. The topological polar surface area (TPSA) is 87.2 Å². The Morgan fingerprint density at radius 2 is 2.06 bits per heavy atom. The van der Waals surface area contributed by atoms with Gasteiger partial charge >= 0.3 is 51.4 Å². The Bertz CT molecular complexity index is 503. The summed E-state index contributed by atoms with van der Waals surface area (Å²) in [4.78, 5) is 13.7. The van der Waals surface area contributed by atoms with E-state index in [2.05, 4.69) is 4.98 Å². The molecule has 0 spiro atoms. The number of halogens is 1. The Balaban J connectivity index is 0.00000225. The number of carboxylic acids is 1. The number of hydrogen-bond donors (Lipinski definition) is 0. The van der Waals surface area contributed by atoms with Crippen LogP contribution in [-0.2, 0) is 9.84 Å². The van der Waals surface area contributed by atoms with Gasteiger partial charge in [0.05, 0.1) is 16.6 Å². The van der Waals surface area contributed by atoms with Crippen molar-refractivity contribution in [3.05, 3.63) is 23.0 Å². The molecule has 0 aromatic carbocycles. The fraction of sp³-hybridized carbons (Fsp3) is 0.250. The first-order chi connectivity index (χ1) is 6.88. The Kier molecular flexibility index (Phi) is 6.63. The molecule has 1 rings (SSSR count). The molecule has 0 saturated carbocycles. The summed E-state index contributed by atoms with van der Waals surface area (Å²) in [6.45, 7) is 1.41. The average molecular weight is 288 g/mol. The van der Waals surface area contributed by atoms with Gasteiger partial charge in [0.15, 0.2) is 9.84 Å². The third-order valence-corrected chi connectivity index (χ3v) is 3.70. The largest absolute Gasteiger partial charge is 1.00 e. The fourth-order valence-electron chi connectivity index (χ4n) is 0.975. The molecule has 0 radical (unpaired) electrons. The number of aromatic carboxylic acids is 1. The molecule has 0 aliphatic rings. The number of pyridine rings is 1. The molecule has 0 aliphatic heterocycles. The standard InChI is InChI=1S/C8H8ClNO4S.K/c1-2-15(13,14)5-3-4-6(9)10-7(5)8(11)12;/h3-4H,2H2,1H3,(H,11,12);/q;+1/p-1. The molecule has 5 nitrogen and oxygen atoms in total. The molecular weight excluding hydrogens is 281 g/mol. The molecule has 8 heteroatoms. The average Bonchev–Trinajstić information content (AvgIpc) is 2.17. The summed E-state index contributed by atoms with van der Waals surface area (Å²) in [5.41, 5.74) is -0.649. The summed E-state index contributed by atoms with van der Waals surface area (Å²) in [5, 5.41) is 10.5. The normalized spacial score (nSPS) is 10.6. The van der Waals surface area contributed by atoms with Gasteiger partial charge in [0.25, 0.3) is 0 Å². The minimum Gasteiger partial charge on any atom is -0.543 e. The molecule has 0 aliphatic carbocycles. The molecule has 0 bridgehead atoms. The molecule has 1 aromatic heterocycles. The monoisotopic (exact) mass is 287 g/mol. The van der Waals surface area contributed by atoms with E-state index in [1.165, 1.54) is 13.0 Å². The van der Waals surface area contributed by atoms with Crippen molar-refractivity contribution in [2.75, 3.05) is 5.75 Å². The number of rotatable bonds is 3. The molecule has 0 amide bonds. The second-order valence-corrected chi connectivity index (χ2v) is 5.31. The Hall–Kier alpha value is 0.496. The molecule has 0 atom stereocenters. The molecule has 0 saturated heterocycles. The minimum atomic E-state index is -3.63. The van der Waals surface area contributed by atoms with Crippen LogP contribution < -0.4 is 56.5 Å². The number of nitrogens with zero attached hydrogens (tertiary/aromatic N) is 1. The van der Waals surface area contributed by atoms with Gasteiger partial charge in [-0.15, -0.1) is 0 Å². The summed E-state index contributed by atoms with van der Waals surface area (Å²) in [6.07, 6.45) is 0. The number of carboxylic acid groups (broad SMARTS) is 1. The molecule has 0 unspecified atom stereocenters. The number of carbonyl (C=O) groups is 1. The minimum absolute atomic E-state index is 0. The number of aromatic nitrogens is 1. The van der Waals surface area contributed by atoms with Crippen LogP contribution in [0.15, 0.2) is 17.0 Å². The van der Waals surface area contributed by atoms with Crippen molar-refractivity contribution >= 4 is 27.4 Å². The first-order valence-electron chi connectivity index (χ1n) is 3.99. The summed E-state index contributed by atoms with van der Waals surface area (Å²) < 4.78 is 22.9. The maximum Gasteiger partial charge on any atom is 1.00 e. The van der Waals surface area contributed by atoms with E-state index in [0.29, 0.717) is 0 Å². The van der Waals surface area contributed by atoms with Crippen LogP contribution in [0.4, 0.5) is 0 Å². The van der Waals surface area contributed by atoms with Gasteiger partial charge < -0.3 is 9.90 Å². The summed E-state index contributed by atoms with van der Waals surface area (Å²) in [7, 11) is -3.63. The van der Waals surface area contributed by atoms with Gasteiger partial charge in [-0.05, 0) is 12.1 Å². The van der Waals surface area contributed by atoms with Gasteiger partial charge in [-0.1, -0.05) is 18.5 Å². The van der Waals surface area contributed by atoms with Crippen LogP contribution in [-0.4, -0.2) is 25.1 Å². The van der Waals surface area contributed by atoms with E-state index in [9.17, 15) is 18.3 Å². The van der Waals surface area contributed by atoms with Gasteiger partial charge in [0.1, 0.15) is 10.8 Å². The van der Waals surface area contributed by atoms with Crippen LogP contribution in [0.1, 0.15) is 17.4 Å². The van der Waals surface area contributed by atoms with Crippen molar-refractivity contribution in [2.45, 2.75) is 11.8 Å². The number of sulfone groups is 1. The summed E-state index contributed by atoms with van der Waals surface area (Å²) in [6, 6.07) is 2.33. The van der Waals surface area contributed by atoms with Gasteiger partial charge in [-0.3, -0.25) is 0 Å². The van der Waals surface area contributed by atoms with Crippen molar-refractivity contribution in [3.63, 3.8) is 0 Å². The van der Waals surface area contributed by atoms with E-state index in [0.717, 1.165) is 6.07 Å². The zero-order valence-corrected chi connectivity index (χ0v) is 13.4. The smallest absolute Gasteiger partial charge is 0.543 e. The van der Waals surface area contributed by atoms with Crippen LogP contribution in [0.5, 0.6) is 0 Å². The van der Waals surface area contributed by atoms with Crippen LogP contribution in [0.3, 0.4) is 0 Å². The quantitative estimate of drug-likeness (QED) is 0.434. The van der Waals surface area contributed by atoms with Gasteiger partial charge in [-0.25, -0.2) is 13.4 Å². The van der Waals surface area contributed by atoms with Crippen molar-refractivity contribution < 1.29 is 69.7 Å². The van der Waals surface area contributed by atoms with Gasteiger partial charge in [-0.2, -0.15) is 0 Å². The number of carbonyl (C=O) groups excluding carboxylic acids is 1. The Morgan fingerprint density at radius 1 is 1.50 bits per heavy atom. The van der Waals surface area contributed by atoms with Crippen molar-refractivity contribution in [1.82, 2.24) is 4.98 Å². The van der Waals surface area contributed by atoms with E-state index in [-0.39, 0.29) is 67.2 Å². The Labute approximate surface area is 141 Å². The summed E-state index contributed by atoms with van der Waals surface area (Å²) in [5.74, 6) is -1.87. The maximum atomic E-state index is 11.5. The van der Waals surface area contributed by atoms with E-state index in [4.69, 9.17) is 11.6 Å². The van der Waals surface area contributed by atoms with E-state index in [1.807, 2.05) is 0 Å². The van der Waals surface area contributed by atoms with Gasteiger partial charge in [0, 0.05) is 0 Å². The molecule has 1 heterocycles. The number of hydrogen-bond acceptors (Lipinski definition) is 5. The summed E-state index contributed by atoms with van der Waals surface area (Å²) >= 11 is 5.46. The molecule has 82 valence electrons. The molecular formula is C8H7ClKNO4S. The third-order valence-electron chi connectivity index (χ3n) is 1.73. The zero-order valence-electron chi connectivity index (χ0n) is 8.73. The predicted molar refractivity (Wildman–Crippen MR) is 51.3 cm³/mol. The first kappa shape index (κ1) is 16.5. The van der Waals surface area contributed by atoms with Crippen LogP contribution in [0.25, 0.3) is 0 Å².